The topological polar surface area (TPSA) is 92.5 Å². The molecule has 1 aromatic carbocycles. The summed E-state index contributed by atoms with van der Waals surface area (Å²) < 4.78 is 0. The van der Waals surface area contributed by atoms with Crippen molar-refractivity contribution >= 4 is 11.8 Å². The molecule has 70 valence electrons. The number of aliphatic hydroxyl groups excluding tert-OH is 2. The number of nitrogens with two attached hydrogens (primary N) is 2. The fourth-order valence-corrected chi connectivity index (χ4v) is 1.22. The van der Waals surface area contributed by atoms with Crippen LogP contribution in [-0.2, 0) is 0 Å². The van der Waals surface area contributed by atoms with E-state index in [9.17, 15) is 0 Å². The predicted molar refractivity (Wildman–Crippen MR) is 50.9 cm³/mol. The molecule has 1 aromatic rings. The first kappa shape index (κ1) is 9.25. The Labute approximate surface area is 75.4 Å². The molecule has 0 aliphatic heterocycles. The van der Waals surface area contributed by atoms with Gasteiger partial charge in [0, 0.05) is 10.4 Å². The van der Waals surface area contributed by atoms with Gasteiger partial charge in [0.05, 0.1) is 0 Å². The second-order valence-corrected chi connectivity index (χ2v) is 2.77. The highest BCUT2D eigenvalue weighted by atomic mass is 16.3. The number of rotatable bonds is 0. The maximum absolute atomic E-state index is 9.15. The van der Waals surface area contributed by atoms with Crippen LogP contribution in [-0.4, -0.2) is 10.2 Å². The number of aryl methyl sites for hydroxylation is 1. The smallest absolute Gasteiger partial charge is 0.190 e. The lowest BCUT2D eigenvalue weighted by molar-refractivity contribution is 0.483. The molecule has 13 heavy (non-hydrogen) atoms. The van der Waals surface area contributed by atoms with Crippen LogP contribution in [0, 0.1) is 6.92 Å². The highest BCUT2D eigenvalue weighted by Gasteiger charge is 1.98. The van der Waals surface area contributed by atoms with Crippen LogP contribution < -0.4 is 21.9 Å². The first-order chi connectivity index (χ1) is 6.04. The molecule has 0 heterocycles. The summed E-state index contributed by atoms with van der Waals surface area (Å²) in [6.45, 7) is 1.77. The van der Waals surface area contributed by atoms with Crippen LogP contribution in [0.15, 0.2) is 18.2 Å². The van der Waals surface area contributed by atoms with Crippen molar-refractivity contribution in [2.75, 3.05) is 0 Å². The molecule has 0 amide bonds. The average molecular weight is 180 g/mol. The van der Waals surface area contributed by atoms with E-state index >= 15 is 0 Å². The van der Waals surface area contributed by atoms with Gasteiger partial charge in [0.25, 0.3) is 0 Å². The summed E-state index contributed by atoms with van der Waals surface area (Å²) in [6, 6.07) is 5.08. The lowest BCUT2D eigenvalue weighted by Gasteiger charge is -1.98. The van der Waals surface area contributed by atoms with E-state index in [1.54, 1.807) is 25.1 Å². The normalized spacial score (nSPS) is 15.2. The van der Waals surface area contributed by atoms with Crippen molar-refractivity contribution in [2.45, 2.75) is 6.92 Å². The van der Waals surface area contributed by atoms with Gasteiger partial charge in [-0.15, -0.1) is 0 Å². The Kier molecular flexibility index (Phi) is 2.32. The molecule has 0 spiro atoms. The molecule has 0 atom stereocenters. The SMILES string of the molecule is Cc1cccc(=C(/N)O)/c1=C(\N)O. The van der Waals surface area contributed by atoms with E-state index in [1.165, 1.54) is 0 Å². The van der Waals surface area contributed by atoms with Gasteiger partial charge in [-0.2, -0.15) is 0 Å². The zero-order chi connectivity index (χ0) is 10.0. The molecule has 0 saturated carbocycles. The van der Waals surface area contributed by atoms with E-state index in [0.29, 0.717) is 10.4 Å². The molecular formula is C9H12N2O2. The van der Waals surface area contributed by atoms with Gasteiger partial charge in [0.2, 0.25) is 0 Å². The number of hydrogen-bond donors (Lipinski definition) is 4. The van der Waals surface area contributed by atoms with Gasteiger partial charge >= 0.3 is 0 Å². The Balaban J connectivity index is 3.88. The van der Waals surface area contributed by atoms with Gasteiger partial charge in [-0.05, 0) is 18.6 Å². The highest BCUT2D eigenvalue weighted by molar-refractivity contribution is 5.41. The van der Waals surface area contributed by atoms with E-state index in [4.69, 9.17) is 21.7 Å². The Morgan fingerprint density at radius 2 is 1.77 bits per heavy atom. The lowest BCUT2D eigenvalue weighted by Crippen LogP contribution is -2.35. The monoisotopic (exact) mass is 180 g/mol. The average Bonchev–Trinajstić information content (AvgIpc) is 2.02. The highest BCUT2D eigenvalue weighted by Crippen LogP contribution is 1.85. The standard InChI is InChI=1S/C9H12N2O2/c1-5-3-2-4-6(8(10)12)7(5)9(11)13/h2-4,12-13H,10-11H2,1H3/b8-6+,9-7+. The van der Waals surface area contributed by atoms with Gasteiger partial charge < -0.3 is 21.7 Å². The quantitative estimate of drug-likeness (QED) is 0.419. The van der Waals surface area contributed by atoms with Crippen molar-refractivity contribution in [1.82, 2.24) is 0 Å². The van der Waals surface area contributed by atoms with E-state index in [1.807, 2.05) is 0 Å². The van der Waals surface area contributed by atoms with E-state index in [2.05, 4.69) is 0 Å². The Hall–Kier alpha value is -1.84. The van der Waals surface area contributed by atoms with Crippen LogP contribution in [0.5, 0.6) is 0 Å². The minimum Gasteiger partial charge on any atom is -0.495 e. The third-order valence-electron chi connectivity index (χ3n) is 1.80. The molecule has 6 N–H and O–H groups in total. The molecule has 0 radical (unpaired) electrons. The van der Waals surface area contributed by atoms with Crippen LogP contribution in [0.1, 0.15) is 5.56 Å². The number of aliphatic hydroxyl groups is 2. The van der Waals surface area contributed by atoms with Crippen molar-refractivity contribution in [3.8, 4) is 0 Å². The summed E-state index contributed by atoms with van der Waals surface area (Å²) in [7, 11) is 0. The second-order valence-electron chi connectivity index (χ2n) is 2.77. The van der Waals surface area contributed by atoms with Gasteiger partial charge in [0.1, 0.15) is 0 Å². The lowest BCUT2D eigenvalue weighted by atomic mass is 10.1. The van der Waals surface area contributed by atoms with E-state index in [-0.39, 0.29) is 11.8 Å². The number of hydrogen-bond acceptors (Lipinski definition) is 4. The summed E-state index contributed by atoms with van der Waals surface area (Å²) in [4.78, 5) is 0. The summed E-state index contributed by atoms with van der Waals surface area (Å²) >= 11 is 0. The maximum Gasteiger partial charge on any atom is 0.190 e. The molecule has 0 aliphatic rings. The summed E-state index contributed by atoms with van der Waals surface area (Å²) in [5.74, 6) is -0.694. The fourth-order valence-electron chi connectivity index (χ4n) is 1.22. The summed E-state index contributed by atoms with van der Waals surface area (Å²) in [5.41, 5.74) is 11.2. The van der Waals surface area contributed by atoms with Crippen molar-refractivity contribution in [3.05, 3.63) is 34.2 Å². The molecule has 0 aromatic heterocycles. The van der Waals surface area contributed by atoms with Crippen LogP contribution >= 0.6 is 0 Å². The third-order valence-corrected chi connectivity index (χ3v) is 1.80. The molecule has 0 aliphatic carbocycles. The van der Waals surface area contributed by atoms with Crippen LogP contribution in [0.2, 0.25) is 0 Å². The minimum atomic E-state index is -0.351. The first-order valence-corrected chi connectivity index (χ1v) is 3.77. The summed E-state index contributed by atoms with van der Waals surface area (Å²) in [5, 5.41) is 19.0. The molecule has 4 heteroatoms. The number of benzene rings is 1. The van der Waals surface area contributed by atoms with E-state index in [0.717, 1.165) is 5.56 Å². The van der Waals surface area contributed by atoms with Gasteiger partial charge in [0.15, 0.2) is 11.8 Å². The van der Waals surface area contributed by atoms with Crippen LogP contribution in [0.4, 0.5) is 0 Å². The molecule has 0 bridgehead atoms. The Morgan fingerprint density at radius 3 is 2.15 bits per heavy atom. The van der Waals surface area contributed by atoms with Gasteiger partial charge in [-0.3, -0.25) is 0 Å². The van der Waals surface area contributed by atoms with Crippen molar-refractivity contribution in [1.29, 1.82) is 0 Å². The first-order valence-electron chi connectivity index (χ1n) is 3.77. The molecule has 0 saturated heterocycles. The Bertz CT molecular complexity index is 429. The molecule has 1 rings (SSSR count). The van der Waals surface area contributed by atoms with Crippen LogP contribution in [0.25, 0.3) is 11.8 Å². The van der Waals surface area contributed by atoms with Crippen molar-refractivity contribution in [3.63, 3.8) is 0 Å². The largest absolute Gasteiger partial charge is 0.495 e. The predicted octanol–water partition coefficient (Wildman–Crippen LogP) is -0.840. The maximum atomic E-state index is 9.15. The van der Waals surface area contributed by atoms with Crippen molar-refractivity contribution in [2.24, 2.45) is 11.5 Å². The Morgan fingerprint density at radius 1 is 1.15 bits per heavy atom. The second kappa shape index (κ2) is 3.26. The molecule has 0 fully saturated rings. The fraction of sp³-hybridized carbons (Fsp3) is 0.111. The van der Waals surface area contributed by atoms with Crippen molar-refractivity contribution < 1.29 is 10.2 Å². The summed E-state index contributed by atoms with van der Waals surface area (Å²) in [6.07, 6.45) is 0. The van der Waals surface area contributed by atoms with Gasteiger partial charge in [-0.25, -0.2) is 0 Å². The zero-order valence-corrected chi connectivity index (χ0v) is 7.28. The van der Waals surface area contributed by atoms with Gasteiger partial charge in [-0.1, -0.05) is 12.1 Å². The molecule has 4 nitrogen and oxygen atoms in total. The third kappa shape index (κ3) is 1.66. The molecular weight excluding hydrogens is 168 g/mol. The van der Waals surface area contributed by atoms with E-state index < -0.39 is 0 Å². The zero-order valence-electron chi connectivity index (χ0n) is 7.28. The molecule has 0 unspecified atom stereocenters. The van der Waals surface area contributed by atoms with Crippen LogP contribution in [0.3, 0.4) is 0 Å². The minimum absolute atomic E-state index is 0.342.